The number of hydrogen-bond acceptors (Lipinski definition) is 6. The van der Waals surface area contributed by atoms with E-state index in [1.807, 2.05) is 0 Å². The number of hydrogen-bond donors (Lipinski definition) is 1. The quantitative estimate of drug-likeness (QED) is 0.146. The van der Waals surface area contributed by atoms with Gasteiger partial charge in [-0.3, -0.25) is 4.98 Å². The van der Waals surface area contributed by atoms with Crippen LogP contribution in [0.1, 0.15) is 37.2 Å². The molecule has 4 aromatic rings. The highest BCUT2D eigenvalue weighted by Crippen LogP contribution is 2.37. The zero-order valence-electron chi connectivity index (χ0n) is 22.5. The molecule has 12 heteroatoms. The molecule has 0 fully saturated rings. The standard InChI is InChI=1S/C29H29F6N5O/c1-3-40(4-2)15-6-16-41-18-25-38-24-17-19(26-23(29(33,34)35)7-5-14-36-26)8-13-22(24)27(39-25)37-21-11-9-20(10-12-21)28(30,31)32/h5,7-14,17H,3-4,6,15-16,18H2,1-2H3,(H,37,38,39). The first-order valence-electron chi connectivity index (χ1n) is 13.1. The molecule has 6 nitrogen and oxygen atoms in total. The Morgan fingerprint density at radius 3 is 2.27 bits per heavy atom. The summed E-state index contributed by atoms with van der Waals surface area (Å²) >= 11 is 0. The second kappa shape index (κ2) is 12.8. The van der Waals surface area contributed by atoms with Gasteiger partial charge in [0, 0.05) is 36.0 Å². The molecule has 2 aromatic carbocycles. The minimum atomic E-state index is -4.61. The summed E-state index contributed by atoms with van der Waals surface area (Å²) in [5, 5.41) is 3.48. The molecule has 2 aromatic heterocycles. The van der Waals surface area contributed by atoms with Gasteiger partial charge in [-0.2, -0.15) is 26.3 Å². The van der Waals surface area contributed by atoms with Gasteiger partial charge < -0.3 is 15.0 Å². The smallest absolute Gasteiger partial charge is 0.373 e. The Kier molecular flexibility index (Phi) is 9.44. The van der Waals surface area contributed by atoms with Crippen LogP contribution >= 0.6 is 0 Å². The van der Waals surface area contributed by atoms with Crippen molar-refractivity contribution in [2.45, 2.75) is 39.2 Å². The van der Waals surface area contributed by atoms with Gasteiger partial charge in [-0.1, -0.05) is 19.9 Å². The number of benzene rings is 2. The summed E-state index contributed by atoms with van der Waals surface area (Å²) in [5.74, 6) is 0.545. The van der Waals surface area contributed by atoms with Gasteiger partial charge in [-0.05, 0) is 68.0 Å². The maximum absolute atomic E-state index is 13.7. The molecular weight excluding hydrogens is 548 g/mol. The molecule has 0 saturated heterocycles. The van der Waals surface area contributed by atoms with Gasteiger partial charge >= 0.3 is 12.4 Å². The molecule has 0 unspecified atom stereocenters. The van der Waals surface area contributed by atoms with E-state index < -0.39 is 23.5 Å². The van der Waals surface area contributed by atoms with Crippen molar-refractivity contribution in [2.24, 2.45) is 0 Å². The molecule has 0 amide bonds. The van der Waals surface area contributed by atoms with Gasteiger partial charge in [0.15, 0.2) is 5.82 Å². The molecule has 0 spiro atoms. The zero-order chi connectivity index (χ0) is 29.6. The Hall–Kier alpha value is -3.77. The van der Waals surface area contributed by atoms with Crippen LogP contribution < -0.4 is 5.32 Å². The Balaban J connectivity index is 1.67. The summed E-state index contributed by atoms with van der Waals surface area (Å²) in [6, 6.07) is 11.1. The molecule has 0 aliphatic carbocycles. The lowest BCUT2D eigenvalue weighted by Gasteiger charge is -2.17. The van der Waals surface area contributed by atoms with Gasteiger partial charge in [0.05, 0.1) is 22.3 Å². The molecule has 0 aliphatic rings. The maximum atomic E-state index is 13.7. The topological polar surface area (TPSA) is 63.2 Å². The lowest BCUT2D eigenvalue weighted by atomic mass is 10.0. The third-order valence-corrected chi connectivity index (χ3v) is 6.49. The summed E-state index contributed by atoms with van der Waals surface area (Å²) < 4.78 is 85.8. The second-order valence-electron chi connectivity index (χ2n) is 9.25. The predicted octanol–water partition coefficient (Wildman–Crippen LogP) is 7.72. The molecule has 0 aliphatic heterocycles. The van der Waals surface area contributed by atoms with Crippen LogP contribution in [0, 0.1) is 0 Å². The van der Waals surface area contributed by atoms with Crippen molar-refractivity contribution in [2.75, 3.05) is 31.6 Å². The highest BCUT2D eigenvalue weighted by Gasteiger charge is 2.34. The van der Waals surface area contributed by atoms with E-state index in [0.717, 1.165) is 44.3 Å². The van der Waals surface area contributed by atoms with Crippen molar-refractivity contribution in [3.8, 4) is 11.3 Å². The molecule has 218 valence electrons. The zero-order valence-corrected chi connectivity index (χ0v) is 22.5. The van der Waals surface area contributed by atoms with E-state index in [2.05, 4.69) is 39.0 Å². The third kappa shape index (κ3) is 7.70. The van der Waals surface area contributed by atoms with Gasteiger partial charge in [0.1, 0.15) is 12.4 Å². The van der Waals surface area contributed by atoms with Crippen molar-refractivity contribution >= 4 is 22.4 Å². The highest BCUT2D eigenvalue weighted by atomic mass is 19.4. The van der Waals surface area contributed by atoms with E-state index in [-0.39, 0.29) is 29.5 Å². The van der Waals surface area contributed by atoms with Crippen LogP contribution in [-0.2, 0) is 23.7 Å². The number of pyridine rings is 1. The second-order valence-corrected chi connectivity index (χ2v) is 9.25. The Bertz CT molecular complexity index is 1450. The average Bonchev–Trinajstić information content (AvgIpc) is 2.94. The van der Waals surface area contributed by atoms with Crippen molar-refractivity contribution in [3.05, 3.63) is 77.7 Å². The summed E-state index contributed by atoms with van der Waals surface area (Å²) in [4.78, 5) is 15.3. The first-order valence-corrected chi connectivity index (χ1v) is 13.1. The highest BCUT2D eigenvalue weighted by molar-refractivity contribution is 5.93. The number of rotatable bonds is 11. The molecule has 0 bridgehead atoms. The monoisotopic (exact) mass is 577 g/mol. The van der Waals surface area contributed by atoms with Gasteiger partial charge in [-0.15, -0.1) is 0 Å². The maximum Gasteiger partial charge on any atom is 0.418 e. The van der Waals surface area contributed by atoms with Crippen molar-refractivity contribution in [3.63, 3.8) is 0 Å². The lowest BCUT2D eigenvalue weighted by molar-refractivity contribution is -0.138. The average molecular weight is 578 g/mol. The number of nitrogens with one attached hydrogen (secondary N) is 1. The summed E-state index contributed by atoms with van der Waals surface area (Å²) in [7, 11) is 0. The fourth-order valence-electron chi connectivity index (χ4n) is 4.32. The fraction of sp³-hybridized carbons (Fsp3) is 0.345. The van der Waals surface area contributed by atoms with E-state index in [9.17, 15) is 26.3 Å². The lowest BCUT2D eigenvalue weighted by Crippen LogP contribution is -2.24. The predicted molar refractivity (Wildman–Crippen MR) is 145 cm³/mol. The van der Waals surface area contributed by atoms with E-state index in [0.29, 0.717) is 23.2 Å². The van der Waals surface area contributed by atoms with E-state index >= 15 is 0 Å². The van der Waals surface area contributed by atoms with Crippen LogP contribution in [0.5, 0.6) is 0 Å². The number of nitrogens with zero attached hydrogens (tertiary/aromatic N) is 4. The minimum Gasteiger partial charge on any atom is -0.373 e. The summed E-state index contributed by atoms with van der Waals surface area (Å²) in [6.45, 7) is 7.36. The normalized spacial score (nSPS) is 12.3. The van der Waals surface area contributed by atoms with Gasteiger partial charge in [0.2, 0.25) is 0 Å². The van der Waals surface area contributed by atoms with E-state index in [1.54, 1.807) is 6.07 Å². The fourth-order valence-corrected chi connectivity index (χ4v) is 4.32. The van der Waals surface area contributed by atoms with E-state index in [1.165, 1.54) is 36.5 Å². The van der Waals surface area contributed by atoms with Crippen molar-refractivity contribution < 1.29 is 31.1 Å². The first-order chi connectivity index (χ1) is 19.5. The number of halogens is 6. The molecular formula is C29H29F6N5O. The Morgan fingerprint density at radius 2 is 1.61 bits per heavy atom. The molecule has 0 atom stereocenters. The number of ether oxygens (including phenoxy) is 1. The van der Waals surface area contributed by atoms with E-state index in [4.69, 9.17) is 4.74 Å². The number of fused-ring (bicyclic) bond motifs is 1. The molecule has 0 radical (unpaired) electrons. The number of anilines is 2. The van der Waals surface area contributed by atoms with Crippen LogP contribution in [-0.4, -0.2) is 46.1 Å². The van der Waals surface area contributed by atoms with Crippen molar-refractivity contribution in [1.29, 1.82) is 0 Å². The van der Waals surface area contributed by atoms with Gasteiger partial charge in [0.25, 0.3) is 0 Å². The number of alkyl halides is 6. The molecule has 2 heterocycles. The SMILES string of the molecule is CCN(CC)CCCOCc1nc(Nc2ccc(C(F)(F)F)cc2)c2ccc(-c3ncccc3C(F)(F)F)cc2n1. The van der Waals surface area contributed by atoms with Crippen LogP contribution in [0.3, 0.4) is 0 Å². The van der Waals surface area contributed by atoms with Crippen LogP contribution in [0.2, 0.25) is 0 Å². The van der Waals surface area contributed by atoms with Crippen LogP contribution in [0.15, 0.2) is 60.8 Å². The number of aromatic nitrogens is 3. The first kappa shape index (κ1) is 30.2. The third-order valence-electron chi connectivity index (χ3n) is 6.49. The van der Waals surface area contributed by atoms with Crippen LogP contribution in [0.25, 0.3) is 22.2 Å². The van der Waals surface area contributed by atoms with Gasteiger partial charge in [-0.25, -0.2) is 9.97 Å². The molecule has 41 heavy (non-hydrogen) atoms. The van der Waals surface area contributed by atoms with Crippen LogP contribution in [0.4, 0.5) is 37.8 Å². The van der Waals surface area contributed by atoms with Crippen molar-refractivity contribution in [1.82, 2.24) is 19.9 Å². The Labute approximate surface area is 233 Å². The Morgan fingerprint density at radius 1 is 0.878 bits per heavy atom. The largest absolute Gasteiger partial charge is 0.418 e. The molecule has 1 N–H and O–H groups in total. The minimum absolute atomic E-state index is 0.0392. The summed E-state index contributed by atoms with van der Waals surface area (Å²) in [6.07, 6.45) is -7.02. The summed E-state index contributed by atoms with van der Waals surface area (Å²) in [5.41, 5.74) is -1.05. The molecule has 0 saturated carbocycles. The molecule has 4 rings (SSSR count).